The summed E-state index contributed by atoms with van der Waals surface area (Å²) < 4.78 is 51.2. The molecule has 0 aliphatic carbocycles. The third-order valence-corrected chi connectivity index (χ3v) is 3.52. The molecule has 138 valence electrons. The Bertz CT molecular complexity index is 972. The van der Waals surface area contributed by atoms with Crippen LogP contribution in [0.25, 0.3) is 0 Å². The highest BCUT2D eigenvalue weighted by molar-refractivity contribution is 6.06. The fourth-order valence-corrected chi connectivity index (χ4v) is 2.26. The first-order valence-corrected chi connectivity index (χ1v) is 7.70. The zero-order valence-electron chi connectivity index (χ0n) is 14.0. The van der Waals surface area contributed by atoms with Crippen molar-refractivity contribution >= 4 is 11.6 Å². The van der Waals surface area contributed by atoms with E-state index in [9.17, 15) is 18.0 Å². The molecule has 0 aliphatic heterocycles. The fourth-order valence-electron chi connectivity index (χ4n) is 2.26. The Morgan fingerprint density at radius 1 is 1.00 bits per heavy atom. The van der Waals surface area contributed by atoms with Crippen LogP contribution in [0.15, 0.2) is 54.7 Å². The summed E-state index contributed by atoms with van der Waals surface area (Å²) in [6.45, 7) is 0. The lowest BCUT2D eigenvalue weighted by molar-refractivity contribution is 0.102. The SMILES string of the molecule is COc1cccc(Oc2ncccc2C(=O)Nc2c(F)cc(F)cc2F)c1. The number of ether oxygens (including phenoxy) is 2. The molecule has 0 unspecified atom stereocenters. The van der Waals surface area contributed by atoms with E-state index in [-0.39, 0.29) is 11.4 Å². The smallest absolute Gasteiger partial charge is 0.261 e. The van der Waals surface area contributed by atoms with Crippen LogP contribution in [0.1, 0.15) is 10.4 Å². The molecule has 3 rings (SSSR count). The van der Waals surface area contributed by atoms with Gasteiger partial charge in [0, 0.05) is 24.4 Å². The average Bonchev–Trinajstić information content (AvgIpc) is 2.65. The number of carbonyl (C=O) groups excluding carboxylic acids is 1. The van der Waals surface area contributed by atoms with Gasteiger partial charge in [-0.25, -0.2) is 18.2 Å². The van der Waals surface area contributed by atoms with E-state index in [4.69, 9.17) is 9.47 Å². The maximum Gasteiger partial charge on any atom is 0.261 e. The minimum atomic E-state index is -1.24. The van der Waals surface area contributed by atoms with Crippen molar-refractivity contribution in [1.82, 2.24) is 4.98 Å². The number of anilines is 1. The minimum Gasteiger partial charge on any atom is -0.497 e. The Balaban J connectivity index is 1.88. The van der Waals surface area contributed by atoms with Crippen molar-refractivity contribution in [3.8, 4) is 17.4 Å². The van der Waals surface area contributed by atoms with Crippen LogP contribution in [0.5, 0.6) is 17.4 Å². The van der Waals surface area contributed by atoms with Crippen LogP contribution in [0.4, 0.5) is 18.9 Å². The molecule has 3 aromatic rings. The normalized spacial score (nSPS) is 10.4. The zero-order chi connectivity index (χ0) is 19.4. The van der Waals surface area contributed by atoms with E-state index in [1.807, 2.05) is 0 Å². The largest absolute Gasteiger partial charge is 0.497 e. The van der Waals surface area contributed by atoms with Crippen molar-refractivity contribution < 1.29 is 27.4 Å². The molecule has 1 heterocycles. The van der Waals surface area contributed by atoms with Gasteiger partial charge in [0.05, 0.1) is 7.11 Å². The number of benzene rings is 2. The molecular weight excluding hydrogens is 361 g/mol. The van der Waals surface area contributed by atoms with Gasteiger partial charge in [-0.15, -0.1) is 0 Å². The van der Waals surface area contributed by atoms with Crippen LogP contribution in [-0.4, -0.2) is 18.0 Å². The summed E-state index contributed by atoms with van der Waals surface area (Å²) >= 11 is 0. The molecule has 0 saturated carbocycles. The van der Waals surface area contributed by atoms with Gasteiger partial charge >= 0.3 is 0 Å². The Labute approximate surface area is 152 Å². The van der Waals surface area contributed by atoms with Gasteiger partial charge in [-0.3, -0.25) is 4.79 Å². The minimum absolute atomic E-state index is 0.0663. The Morgan fingerprint density at radius 3 is 2.41 bits per heavy atom. The van der Waals surface area contributed by atoms with Crippen LogP contribution in [0.3, 0.4) is 0 Å². The third-order valence-electron chi connectivity index (χ3n) is 3.52. The van der Waals surface area contributed by atoms with Gasteiger partial charge in [0.15, 0.2) is 11.6 Å². The summed E-state index contributed by atoms with van der Waals surface area (Å²) in [4.78, 5) is 16.4. The molecule has 1 N–H and O–H groups in total. The zero-order valence-corrected chi connectivity index (χ0v) is 14.0. The lowest BCUT2D eigenvalue weighted by Gasteiger charge is -2.12. The number of hydrogen-bond donors (Lipinski definition) is 1. The predicted octanol–water partition coefficient (Wildman–Crippen LogP) is 4.55. The molecule has 27 heavy (non-hydrogen) atoms. The summed E-state index contributed by atoms with van der Waals surface area (Å²) in [5.74, 6) is -3.63. The second-order valence-electron chi connectivity index (χ2n) is 5.34. The van der Waals surface area contributed by atoms with Crippen molar-refractivity contribution in [2.24, 2.45) is 0 Å². The van der Waals surface area contributed by atoms with E-state index in [0.29, 0.717) is 23.6 Å². The fraction of sp³-hybridized carbons (Fsp3) is 0.0526. The number of amides is 1. The maximum atomic E-state index is 13.8. The van der Waals surface area contributed by atoms with Crippen LogP contribution in [-0.2, 0) is 0 Å². The van der Waals surface area contributed by atoms with Crippen LogP contribution in [0.2, 0.25) is 0 Å². The van der Waals surface area contributed by atoms with Crippen molar-refractivity contribution in [2.75, 3.05) is 12.4 Å². The second kappa shape index (κ2) is 7.77. The van der Waals surface area contributed by atoms with Crippen molar-refractivity contribution in [3.63, 3.8) is 0 Å². The highest BCUT2D eigenvalue weighted by Gasteiger charge is 2.19. The van der Waals surface area contributed by atoms with Crippen LogP contribution >= 0.6 is 0 Å². The third kappa shape index (κ3) is 4.17. The first-order chi connectivity index (χ1) is 13.0. The molecule has 0 aliphatic rings. The van der Waals surface area contributed by atoms with Gasteiger partial charge in [0.2, 0.25) is 5.88 Å². The van der Waals surface area contributed by atoms with E-state index in [1.165, 1.54) is 25.4 Å². The molecule has 0 saturated heterocycles. The molecule has 0 fully saturated rings. The average molecular weight is 374 g/mol. The van der Waals surface area contributed by atoms with E-state index in [1.54, 1.807) is 24.3 Å². The summed E-state index contributed by atoms with van der Waals surface area (Å²) in [5.41, 5.74) is -0.832. The van der Waals surface area contributed by atoms with E-state index in [0.717, 1.165) is 0 Å². The van der Waals surface area contributed by atoms with Gasteiger partial charge in [0.25, 0.3) is 5.91 Å². The second-order valence-corrected chi connectivity index (χ2v) is 5.34. The molecule has 0 radical (unpaired) electrons. The van der Waals surface area contributed by atoms with Crippen molar-refractivity contribution in [1.29, 1.82) is 0 Å². The lowest BCUT2D eigenvalue weighted by Crippen LogP contribution is -2.16. The van der Waals surface area contributed by atoms with Gasteiger partial charge in [-0.2, -0.15) is 0 Å². The maximum absolute atomic E-state index is 13.8. The number of carbonyl (C=O) groups is 1. The van der Waals surface area contributed by atoms with Crippen molar-refractivity contribution in [2.45, 2.75) is 0 Å². The summed E-state index contributed by atoms with van der Waals surface area (Å²) in [6.07, 6.45) is 1.39. The Morgan fingerprint density at radius 2 is 1.70 bits per heavy atom. The first-order valence-electron chi connectivity index (χ1n) is 7.70. The number of hydrogen-bond acceptors (Lipinski definition) is 4. The van der Waals surface area contributed by atoms with E-state index < -0.39 is 29.0 Å². The first kappa shape index (κ1) is 18.2. The van der Waals surface area contributed by atoms with Gasteiger partial charge in [0.1, 0.15) is 28.6 Å². The van der Waals surface area contributed by atoms with Crippen LogP contribution < -0.4 is 14.8 Å². The molecule has 1 amide bonds. The molecule has 2 aromatic carbocycles. The monoisotopic (exact) mass is 374 g/mol. The molecule has 1 aromatic heterocycles. The quantitative estimate of drug-likeness (QED) is 0.712. The van der Waals surface area contributed by atoms with E-state index >= 15 is 0 Å². The van der Waals surface area contributed by atoms with Gasteiger partial charge in [-0.05, 0) is 24.3 Å². The summed E-state index contributed by atoms with van der Waals surface area (Å²) in [5, 5.41) is 2.07. The highest BCUT2D eigenvalue weighted by atomic mass is 19.1. The highest BCUT2D eigenvalue weighted by Crippen LogP contribution is 2.27. The number of aromatic nitrogens is 1. The molecule has 8 heteroatoms. The van der Waals surface area contributed by atoms with E-state index in [2.05, 4.69) is 10.3 Å². The molecule has 0 spiro atoms. The van der Waals surface area contributed by atoms with Crippen molar-refractivity contribution in [3.05, 3.63) is 77.7 Å². The van der Waals surface area contributed by atoms with Gasteiger partial charge in [-0.1, -0.05) is 6.07 Å². The number of rotatable bonds is 5. The Kier molecular flexibility index (Phi) is 5.25. The van der Waals surface area contributed by atoms with Crippen LogP contribution in [0, 0.1) is 17.5 Å². The molecule has 0 atom stereocenters. The predicted molar refractivity (Wildman–Crippen MR) is 91.6 cm³/mol. The summed E-state index contributed by atoms with van der Waals surface area (Å²) in [6, 6.07) is 10.4. The number of methoxy groups -OCH3 is 1. The molecule has 0 bridgehead atoms. The van der Waals surface area contributed by atoms with Gasteiger partial charge < -0.3 is 14.8 Å². The molecular formula is C19H13F3N2O3. The summed E-state index contributed by atoms with van der Waals surface area (Å²) in [7, 11) is 1.49. The number of nitrogens with zero attached hydrogens (tertiary/aromatic N) is 1. The number of halogens is 3. The number of nitrogens with one attached hydrogen (secondary N) is 1. The lowest BCUT2D eigenvalue weighted by atomic mass is 10.2. The molecule has 5 nitrogen and oxygen atoms in total. The standard InChI is InChI=1S/C19H13F3N2O3/c1-26-12-4-2-5-13(10-12)27-19-14(6-3-7-23-19)18(25)24-17-15(21)8-11(20)9-16(17)22/h2-10H,1H3,(H,24,25). The number of pyridine rings is 1. The Hall–Kier alpha value is -3.55. The topological polar surface area (TPSA) is 60.5 Å².